The first-order valence-corrected chi connectivity index (χ1v) is 9.52. The minimum absolute atomic E-state index is 0.332. The molecule has 0 radical (unpaired) electrons. The number of hydrogen-bond acceptors (Lipinski definition) is 6. The number of ether oxygens (including phenoxy) is 1. The molecule has 2 heterocycles. The maximum Gasteiger partial charge on any atom is 0.412 e. The third kappa shape index (κ3) is 5.63. The highest BCUT2D eigenvalue weighted by molar-refractivity contribution is 5.89. The van der Waals surface area contributed by atoms with Crippen molar-refractivity contribution in [2.24, 2.45) is 0 Å². The first-order chi connectivity index (χ1) is 14.2. The van der Waals surface area contributed by atoms with E-state index in [-0.39, 0.29) is 6.03 Å². The van der Waals surface area contributed by atoms with Gasteiger partial charge in [-0.25, -0.2) is 19.6 Å². The van der Waals surface area contributed by atoms with E-state index in [2.05, 4.69) is 30.9 Å². The van der Waals surface area contributed by atoms with Crippen molar-refractivity contribution < 1.29 is 14.3 Å². The molecule has 0 bridgehead atoms. The number of fused-ring (bicyclic) bond motifs is 1. The Labute approximate surface area is 174 Å². The number of hydrogen-bond donors (Lipinski definition) is 3. The molecule has 0 aliphatic heterocycles. The van der Waals surface area contributed by atoms with Gasteiger partial charge in [-0.3, -0.25) is 15.6 Å². The Hall–Kier alpha value is -3.75. The van der Waals surface area contributed by atoms with Gasteiger partial charge in [0.1, 0.15) is 16.9 Å². The summed E-state index contributed by atoms with van der Waals surface area (Å²) >= 11 is 0. The summed E-state index contributed by atoms with van der Waals surface area (Å²) < 4.78 is 5.24. The van der Waals surface area contributed by atoms with Crippen LogP contribution in [0.4, 0.5) is 21.1 Å². The van der Waals surface area contributed by atoms with Crippen molar-refractivity contribution in [1.82, 2.24) is 20.3 Å². The van der Waals surface area contributed by atoms with Gasteiger partial charge < -0.3 is 10.1 Å². The minimum Gasteiger partial charge on any atom is -0.444 e. The molecule has 3 amide bonds. The van der Waals surface area contributed by atoms with Crippen LogP contribution in [0.15, 0.2) is 42.6 Å². The highest BCUT2D eigenvalue weighted by atomic mass is 16.6. The summed E-state index contributed by atoms with van der Waals surface area (Å²) in [6, 6.07) is 10.2. The third-order valence-corrected chi connectivity index (χ3v) is 3.81. The third-order valence-electron chi connectivity index (χ3n) is 3.81. The van der Waals surface area contributed by atoms with Gasteiger partial charge in [-0.2, -0.15) is 0 Å². The van der Waals surface area contributed by atoms with Gasteiger partial charge in [0.2, 0.25) is 0 Å². The number of aromatic nitrogens is 3. The van der Waals surface area contributed by atoms with Crippen molar-refractivity contribution in [3.8, 4) is 11.3 Å². The molecular weight excluding hydrogens is 384 g/mol. The largest absolute Gasteiger partial charge is 0.444 e. The second kappa shape index (κ2) is 8.73. The van der Waals surface area contributed by atoms with Crippen LogP contribution in [0, 0.1) is 0 Å². The Kier molecular flexibility index (Phi) is 6.10. The normalized spacial score (nSPS) is 11.1. The smallest absolute Gasteiger partial charge is 0.412 e. The van der Waals surface area contributed by atoms with Crippen LogP contribution in [0.25, 0.3) is 22.4 Å². The molecule has 9 nitrogen and oxygen atoms in total. The van der Waals surface area contributed by atoms with Gasteiger partial charge in [-0.1, -0.05) is 12.1 Å². The van der Waals surface area contributed by atoms with Crippen LogP contribution in [0.2, 0.25) is 0 Å². The van der Waals surface area contributed by atoms with E-state index in [0.717, 1.165) is 5.56 Å². The summed E-state index contributed by atoms with van der Waals surface area (Å²) in [5.74, 6) is 0.386. The lowest BCUT2D eigenvalue weighted by Gasteiger charge is -2.19. The molecular formula is C21H24N6O3. The zero-order valence-electron chi connectivity index (χ0n) is 17.3. The topological polar surface area (TPSA) is 118 Å². The number of nitrogens with one attached hydrogen (secondary N) is 3. The van der Waals surface area contributed by atoms with Gasteiger partial charge in [-0.05, 0) is 52.0 Å². The number of anilines is 2. The first-order valence-electron chi connectivity index (χ1n) is 9.52. The van der Waals surface area contributed by atoms with Crippen molar-refractivity contribution in [1.29, 1.82) is 0 Å². The Balaban J connectivity index is 1.77. The van der Waals surface area contributed by atoms with E-state index >= 15 is 0 Å². The van der Waals surface area contributed by atoms with Crippen molar-refractivity contribution in [2.45, 2.75) is 33.3 Å². The monoisotopic (exact) mass is 408 g/mol. The number of benzene rings is 1. The number of amides is 3. The van der Waals surface area contributed by atoms with E-state index in [9.17, 15) is 9.59 Å². The maximum atomic E-state index is 11.9. The quantitative estimate of drug-likeness (QED) is 0.596. The van der Waals surface area contributed by atoms with Crippen LogP contribution in [0.3, 0.4) is 0 Å². The molecule has 2 aromatic heterocycles. The van der Waals surface area contributed by atoms with E-state index in [4.69, 9.17) is 4.74 Å². The standard InChI is InChI=1S/C21H24N6O3/c1-5-22-19(28)27-17-11-10-15-18(26-17)25-16(12-23-15)13-6-8-14(9-7-13)24-20(29)30-21(2,3)4/h6-12H,5H2,1-4H3,(H,24,29)(H2,22,25,26,27,28). The SMILES string of the molecule is CCNC(=O)Nc1ccc2ncc(-c3ccc(NC(=O)OC(C)(C)C)cc3)nc2n1. The number of rotatable bonds is 4. The summed E-state index contributed by atoms with van der Waals surface area (Å²) in [5, 5.41) is 7.99. The summed E-state index contributed by atoms with van der Waals surface area (Å²) in [6.45, 7) is 7.76. The molecule has 0 saturated heterocycles. The summed E-state index contributed by atoms with van der Waals surface area (Å²) in [6.07, 6.45) is 1.13. The van der Waals surface area contributed by atoms with Gasteiger partial charge in [0.05, 0.1) is 11.9 Å². The fourth-order valence-electron chi connectivity index (χ4n) is 2.57. The fourth-order valence-corrected chi connectivity index (χ4v) is 2.57. The lowest BCUT2D eigenvalue weighted by molar-refractivity contribution is 0.0636. The molecule has 0 fully saturated rings. The van der Waals surface area contributed by atoms with E-state index in [1.807, 2.05) is 19.1 Å². The van der Waals surface area contributed by atoms with Crippen molar-refractivity contribution in [3.63, 3.8) is 0 Å². The van der Waals surface area contributed by atoms with Gasteiger partial charge >= 0.3 is 12.1 Å². The Morgan fingerprint density at radius 3 is 2.40 bits per heavy atom. The fraction of sp³-hybridized carbons (Fsp3) is 0.286. The predicted molar refractivity (Wildman–Crippen MR) is 115 cm³/mol. The van der Waals surface area contributed by atoms with Gasteiger partial charge in [-0.15, -0.1) is 0 Å². The van der Waals surface area contributed by atoms with Crippen molar-refractivity contribution in [2.75, 3.05) is 17.2 Å². The maximum absolute atomic E-state index is 11.9. The van der Waals surface area contributed by atoms with E-state index in [1.165, 1.54) is 0 Å². The van der Waals surface area contributed by atoms with Crippen LogP contribution in [-0.4, -0.2) is 39.2 Å². The molecule has 0 aliphatic rings. The number of carbonyl (C=O) groups is 2. The summed E-state index contributed by atoms with van der Waals surface area (Å²) in [7, 11) is 0. The molecule has 0 spiro atoms. The molecule has 3 rings (SSSR count). The Morgan fingerprint density at radius 1 is 1.00 bits per heavy atom. The summed E-state index contributed by atoms with van der Waals surface area (Å²) in [4.78, 5) is 36.8. The van der Waals surface area contributed by atoms with E-state index < -0.39 is 11.7 Å². The zero-order valence-corrected chi connectivity index (χ0v) is 17.3. The predicted octanol–water partition coefficient (Wildman–Crippen LogP) is 4.18. The molecule has 0 aliphatic carbocycles. The molecule has 0 unspecified atom stereocenters. The molecule has 0 atom stereocenters. The second-order valence-corrected chi connectivity index (χ2v) is 7.48. The van der Waals surface area contributed by atoms with Gasteiger partial charge in [0, 0.05) is 17.8 Å². The number of nitrogens with zero attached hydrogens (tertiary/aromatic N) is 3. The Morgan fingerprint density at radius 2 is 1.73 bits per heavy atom. The molecule has 9 heteroatoms. The van der Waals surface area contributed by atoms with Crippen molar-refractivity contribution >= 4 is 34.8 Å². The number of pyridine rings is 1. The van der Waals surface area contributed by atoms with E-state index in [0.29, 0.717) is 34.9 Å². The molecule has 30 heavy (non-hydrogen) atoms. The minimum atomic E-state index is -0.567. The molecule has 156 valence electrons. The van der Waals surface area contributed by atoms with Gasteiger partial charge in [0.25, 0.3) is 0 Å². The van der Waals surface area contributed by atoms with Crippen LogP contribution in [0.5, 0.6) is 0 Å². The lowest BCUT2D eigenvalue weighted by Crippen LogP contribution is -2.28. The molecule has 0 saturated carbocycles. The van der Waals surface area contributed by atoms with E-state index in [1.54, 1.807) is 51.2 Å². The number of carbonyl (C=O) groups excluding carboxylic acids is 2. The lowest BCUT2D eigenvalue weighted by atomic mass is 10.1. The summed E-state index contributed by atoms with van der Waals surface area (Å²) in [5.41, 5.74) is 2.49. The molecule has 3 aromatic rings. The average Bonchev–Trinajstić information content (AvgIpc) is 2.66. The first kappa shape index (κ1) is 21.0. The zero-order chi connectivity index (χ0) is 21.7. The highest BCUT2D eigenvalue weighted by Gasteiger charge is 2.16. The van der Waals surface area contributed by atoms with Crippen LogP contribution in [0.1, 0.15) is 27.7 Å². The van der Waals surface area contributed by atoms with Crippen LogP contribution < -0.4 is 16.0 Å². The van der Waals surface area contributed by atoms with Crippen molar-refractivity contribution in [3.05, 3.63) is 42.6 Å². The van der Waals surface area contributed by atoms with Crippen LogP contribution in [-0.2, 0) is 4.74 Å². The average molecular weight is 408 g/mol. The van der Waals surface area contributed by atoms with Gasteiger partial charge in [0.15, 0.2) is 5.65 Å². The highest BCUT2D eigenvalue weighted by Crippen LogP contribution is 2.22. The Bertz CT molecular complexity index is 1060. The number of urea groups is 1. The molecule has 3 N–H and O–H groups in total. The second-order valence-electron chi connectivity index (χ2n) is 7.48. The van der Waals surface area contributed by atoms with Crippen LogP contribution >= 0.6 is 0 Å². The molecule has 1 aromatic carbocycles.